The van der Waals surface area contributed by atoms with Crippen LogP contribution in [0.2, 0.25) is 0 Å². The van der Waals surface area contributed by atoms with Gasteiger partial charge in [-0.3, -0.25) is 9.59 Å². The van der Waals surface area contributed by atoms with Gasteiger partial charge < -0.3 is 26.3 Å². The van der Waals surface area contributed by atoms with Crippen LogP contribution in [0.3, 0.4) is 0 Å². The summed E-state index contributed by atoms with van der Waals surface area (Å²) in [5.74, 6) is -0.779. The first-order chi connectivity index (χ1) is 9.45. The average molecular weight is 281 g/mol. The molecule has 2 amide bonds. The van der Waals surface area contributed by atoms with E-state index in [9.17, 15) is 9.59 Å². The van der Waals surface area contributed by atoms with Crippen LogP contribution in [-0.2, 0) is 9.53 Å². The van der Waals surface area contributed by atoms with E-state index in [0.717, 1.165) is 0 Å². The number of amides is 2. The molecule has 0 aliphatic carbocycles. The number of hydrogen-bond acceptors (Lipinski definition) is 5. The largest absolute Gasteiger partial charge is 0.480 e. The van der Waals surface area contributed by atoms with E-state index in [4.69, 9.17) is 20.9 Å². The zero-order chi connectivity index (χ0) is 15.1. The van der Waals surface area contributed by atoms with E-state index in [1.807, 2.05) is 0 Å². The highest BCUT2D eigenvalue weighted by Gasteiger charge is 2.18. The molecule has 0 aliphatic rings. The lowest BCUT2D eigenvalue weighted by Crippen LogP contribution is -2.38. The Balaban J connectivity index is 2.74. The van der Waals surface area contributed by atoms with Crippen molar-refractivity contribution in [2.75, 3.05) is 26.0 Å². The number of primary amides is 1. The van der Waals surface area contributed by atoms with Crippen molar-refractivity contribution in [2.24, 2.45) is 5.73 Å². The quantitative estimate of drug-likeness (QED) is 0.476. The van der Waals surface area contributed by atoms with Crippen molar-refractivity contribution in [3.63, 3.8) is 0 Å². The van der Waals surface area contributed by atoms with Gasteiger partial charge in [-0.1, -0.05) is 0 Å². The van der Waals surface area contributed by atoms with Crippen molar-refractivity contribution >= 4 is 17.5 Å². The molecule has 110 valence electrons. The van der Waals surface area contributed by atoms with Crippen LogP contribution < -0.4 is 21.5 Å². The summed E-state index contributed by atoms with van der Waals surface area (Å²) in [6.45, 7) is 2.35. The van der Waals surface area contributed by atoms with Crippen molar-refractivity contribution in [2.45, 2.75) is 13.0 Å². The van der Waals surface area contributed by atoms with Gasteiger partial charge in [-0.25, -0.2) is 0 Å². The van der Waals surface area contributed by atoms with E-state index in [0.29, 0.717) is 18.8 Å². The lowest BCUT2D eigenvalue weighted by Gasteiger charge is -2.16. The highest BCUT2D eigenvalue weighted by molar-refractivity contribution is 5.96. The Labute approximate surface area is 117 Å². The Morgan fingerprint density at radius 3 is 2.70 bits per heavy atom. The maximum atomic E-state index is 11.7. The summed E-state index contributed by atoms with van der Waals surface area (Å²) in [7, 11) is 1.54. The molecule has 7 heteroatoms. The van der Waals surface area contributed by atoms with E-state index in [-0.39, 0.29) is 17.2 Å². The summed E-state index contributed by atoms with van der Waals surface area (Å²) in [5, 5.41) is 2.63. The summed E-state index contributed by atoms with van der Waals surface area (Å²) in [6, 6.07) is 4.46. The topological polar surface area (TPSA) is 117 Å². The molecule has 1 unspecified atom stereocenters. The number of methoxy groups -OCH3 is 1. The number of ether oxygens (including phenoxy) is 2. The third-order valence-electron chi connectivity index (χ3n) is 2.55. The van der Waals surface area contributed by atoms with Gasteiger partial charge >= 0.3 is 0 Å². The number of nitrogens with two attached hydrogens (primary N) is 2. The molecule has 0 aliphatic heterocycles. The molecule has 5 N–H and O–H groups in total. The third-order valence-corrected chi connectivity index (χ3v) is 2.55. The van der Waals surface area contributed by atoms with Crippen LogP contribution in [0.25, 0.3) is 0 Å². The van der Waals surface area contributed by atoms with Crippen LogP contribution in [-0.4, -0.2) is 38.2 Å². The van der Waals surface area contributed by atoms with Gasteiger partial charge in [0.1, 0.15) is 5.75 Å². The maximum absolute atomic E-state index is 11.7. The molecule has 0 saturated heterocycles. The molecular weight excluding hydrogens is 262 g/mol. The number of carbonyl (C=O) groups excluding carboxylic acids is 2. The summed E-state index contributed by atoms with van der Waals surface area (Å²) >= 11 is 0. The van der Waals surface area contributed by atoms with E-state index in [1.54, 1.807) is 6.92 Å². The molecule has 1 aromatic rings. The lowest BCUT2D eigenvalue weighted by atomic mass is 10.1. The summed E-state index contributed by atoms with van der Waals surface area (Å²) < 4.78 is 10.3. The minimum absolute atomic E-state index is 0.177. The molecule has 0 bridgehead atoms. The van der Waals surface area contributed by atoms with Gasteiger partial charge in [0.2, 0.25) is 0 Å². The maximum Gasteiger partial charge on any atom is 0.260 e. The first kappa shape index (κ1) is 15.8. The average Bonchev–Trinajstić information content (AvgIpc) is 2.38. The number of hydrogen-bond donors (Lipinski definition) is 3. The van der Waals surface area contributed by atoms with Gasteiger partial charge in [0, 0.05) is 25.4 Å². The second kappa shape index (κ2) is 7.34. The zero-order valence-electron chi connectivity index (χ0n) is 11.5. The number of nitrogens with one attached hydrogen (secondary N) is 1. The predicted molar refractivity (Wildman–Crippen MR) is 74.3 cm³/mol. The number of anilines is 1. The van der Waals surface area contributed by atoms with Gasteiger partial charge in [-0.15, -0.1) is 0 Å². The van der Waals surface area contributed by atoms with Crippen LogP contribution in [0.5, 0.6) is 5.75 Å². The van der Waals surface area contributed by atoms with E-state index >= 15 is 0 Å². The van der Waals surface area contributed by atoms with E-state index in [2.05, 4.69) is 5.32 Å². The Morgan fingerprint density at radius 2 is 2.10 bits per heavy atom. The standard InChI is InChI=1S/C13H19N3O4/c1-8(13(18)16-5-6-19-2)20-11-7-9(14)3-4-10(11)12(15)17/h3-4,7-8H,5-6,14H2,1-2H3,(H2,15,17)(H,16,18). The van der Waals surface area contributed by atoms with Crippen molar-refractivity contribution in [1.82, 2.24) is 5.32 Å². The van der Waals surface area contributed by atoms with E-state index < -0.39 is 12.0 Å². The van der Waals surface area contributed by atoms with Crippen molar-refractivity contribution in [1.29, 1.82) is 0 Å². The van der Waals surface area contributed by atoms with Crippen LogP contribution in [0.15, 0.2) is 18.2 Å². The molecule has 0 aromatic heterocycles. The Hall–Kier alpha value is -2.28. The second-order valence-electron chi connectivity index (χ2n) is 4.16. The normalized spacial score (nSPS) is 11.7. The minimum Gasteiger partial charge on any atom is -0.480 e. The molecule has 20 heavy (non-hydrogen) atoms. The number of nitrogen functional groups attached to an aromatic ring is 1. The highest BCUT2D eigenvalue weighted by atomic mass is 16.5. The molecule has 1 atom stereocenters. The Bertz CT molecular complexity index is 491. The van der Waals surface area contributed by atoms with E-state index in [1.165, 1.54) is 25.3 Å². The molecule has 7 nitrogen and oxygen atoms in total. The van der Waals surface area contributed by atoms with Gasteiger partial charge in [0.15, 0.2) is 6.10 Å². The fraction of sp³-hybridized carbons (Fsp3) is 0.385. The predicted octanol–water partition coefficient (Wildman–Crippen LogP) is -0.102. The van der Waals surface area contributed by atoms with Crippen LogP contribution in [0, 0.1) is 0 Å². The summed E-state index contributed by atoms with van der Waals surface area (Å²) in [6.07, 6.45) is -0.785. The number of carbonyl (C=O) groups is 2. The third kappa shape index (κ3) is 4.43. The molecule has 1 aromatic carbocycles. The highest BCUT2D eigenvalue weighted by Crippen LogP contribution is 2.22. The SMILES string of the molecule is COCCNC(=O)C(C)Oc1cc(N)ccc1C(N)=O. The summed E-state index contributed by atoms with van der Waals surface area (Å²) in [4.78, 5) is 23.0. The van der Waals surface area contributed by atoms with Gasteiger partial charge in [0.25, 0.3) is 11.8 Å². The Morgan fingerprint density at radius 1 is 1.40 bits per heavy atom. The first-order valence-electron chi connectivity index (χ1n) is 6.08. The van der Waals surface area contributed by atoms with Gasteiger partial charge in [-0.2, -0.15) is 0 Å². The fourth-order valence-electron chi connectivity index (χ4n) is 1.50. The van der Waals surface area contributed by atoms with Crippen molar-refractivity contribution in [3.05, 3.63) is 23.8 Å². The van der Waals surface area contributed by atoms with Crippen LogP contribution in [0.4, 0.5) is 5.69 Å². The molecule has 0 saturated carbocycles. The fourth-order valence-corrected chi connectivity index (χ4v) is 1.50. The molecule has 1 rings (SSSR count). The second-order valence-corrected chi connectivity index (χ2v) is 4.16. The van der Waals surface area contributed by atoms with Crippen molar-refractivity contribution < 1.29 is 19.1 Å². The lowest BCUT2D eigenvalue weighted by molar-refractivity contribution is -0.127. The van der Waals surface area contributed by atoms with Crippen molar-refractivity contribution in [3.8, 4) is 5.75 Å². The minimum atomic E-state index is -0.785. The summed E-state index contributed by atoms with van der Waals surface area (Å²) in [5.41, 5.74) is 11.5. The number of benzene rings is 1. The molecule has 0 radical (unpaired) electrons. The van der Waals surface area contributed by atoms with Gasteiger partial charge in [0.05, 0.1) is 12.2 Å². The first-order valence-corrected chi connectivity index (χ1v) is 6.08. The Kier molecular flexibility index (Phi) is 5.79. The number of rotatable bonds is 7. The molecule has 0 fully saturated rings. The molecular formula is C13H19N3O4. The monoisotopic (exact) mass is 281 g/mol. The van der Waals surface area contributed by atoms with Gasteiger partial charge in [-0.05, 0) is 19.1 Å². The van der Waals surface area contributed by atoms with Crippen LogP contribution in [0.1, 0.15) is 17.3 Å². The molecule has 0 heterocycles. The zero-order valence-corrected chi connectivity index (χ0v) is 11.5. The molecule has 0 spiro atoms. The smallest absolute Gasteiger partial charge is 0.260 e. The van der Waals surface area contributed by atoms with Crippen LogP contribution >= 0.6 is 0 Å².